The fourth-order valence-corrected chi connectivity index (χ4v) is 2.41. The maximum atomic E-state index is 10.4. The summed E-state index contributed by atoms with van der Waals surface area (Å²) in [5.41, 5.74) is 0. The van der Waals surface area contributed by atoms with Crippen LogP contribution in [0.3, 0.4) is 0 Å². The molecule has 4 atom stereocenters. The predicted octanol–water partition coefficient (Wildman–Crippen LogP) is 0.389. The predicted molar refractivity (Wildman–Crippen MR) is 44.3 cm³/mol. The molecule has 4 nitrogen and oxygen atoms in total. The van der Waals surface area contributed by atoms with Gasteiger partial charge < -0.3 is 14.9 Å². The summed E-state index contributed by atoms with van der Waals surface area (Å²) in [4.78, 5) is 10.4. The van der Waals surface area contributed by atoms with Gasteiger partial charge in [0.15, 0.2) is 0 Å². The molecule has 13 heavy (non-hydrogen) atoms. The van der Waals surface area contributed by atoms with Crippen LogP contribution in [0.1, 0.15) is 25.7 Å². The number of hydrogen-bond acceptors (Lipinski definition) is 3. The number of fused-ring (bicyclic) bond motifs is 2. The summed E-state index contributed by atoms with van der Waals surface area (Å²) in [5, 5.41) is 18.1. The van der Waals surface area contributed by atoms with Crippen LogP contribution in [0.15, 0.2) is 0 Å². The summed E-state index contributed by atoms with van der Waals surface area (Å²) in [6.07, 6.45) is 2.38. The third-order valence-corrected chi connectivity index (χ3v) is 3.03. The molecule has 2 N–H and O–H groups in total. The van der Waals surface area contributed by atoms with E-state index in [0.717, 1.165) is 19.3 Å². The molecule has 0 spiro atoms. The number of carboxylic acids is 1. The maximum absolute atomic E-state index is 10.4. The Labute approximate surface area is 76.5 Å². The van der Waals surface area contributed by atoms with Crippen LogP contribution in [-0.4, -0.2) is 34.5 Å². The summed E-state index contributed by atoms with van der Waals surface area (Å²) in [6, 6.07) is 0. The van der Waals surface area contributed by atoms with Crippen molar-refractivity contribution < 1.29 is 19.7 Å². The van der Waals surface area contributed by atoms with Gasteiger partial charge in [0, 0.05) is 5.92 Å². The van der Waals surface area contributed by atoms with E-state index in [1.807, 2.05) is 0 Å². The molecule has 0 radical (unpaired) electrons. The molecule has 2 bridgehead atoms. The number of carboxylic acid groups (broad SMARTS) is 1. The highest BCUT2D eigenvalue weighted by molar-refractivity contribution is 5.67. The lowest BCUT2D eigenvalue weighted by molar-refractivity contribution is -0.140. The average molecular weight is 186 g/mol. The molecule has 2 fully saturated rings. The smallest absolute Gasteiger partial charge is 0.305 e. The van der Waals surface area contributed by atoms with Crippen LogP contribution in [0.25, 0.3) is 0 Å². The summed E-state index contributed by atoms with van der Waals surface area (Å²) < 4.78 is 5.53. The third kappa shape index (κ3) is 1.69. The first-order chi connectivity index (χ1) is 6.16. The Morgan fingerprint density at radius 1 is 1.54 bits per heavy atom. The van der Waals surface area contributed by atoms with Gasteiger partial charge in [0.2, 0.25) is 0 Å². The second kappa shape index (κ2) is 3.27. The van der Waals surface area contributed by atoms with Gasteiger partial charge in [-0.05, 0) is 19.3 Å². The van der Waals surface area contributed by atoms with E-state index in [9.17, 15) is 9.90 Å². The van der Waals surface area contributed by atoms with E-state index in [1.165, 1.54) is 0 Å². The van der Waals surface area contributed by atoms with E-state index >= 15 is 0 Å². The van der Waals surface area contributed by atoms with Crippen LogP contribution in [-0.2, 0) is 9.53 Å². The molecule has 0 aromatic heterocycles. The zero-order valence-electron chi connectivity index (χ0n) is 7.35. The molecule has 0 amide bonds. The molecule has 0 aromatic rings. The SMILES string of the molecule is O=C(O)CC(O)C1CC2CCC1O2. The second-order valence-electron chi connectivity index (χ2n) is 3.94. The van der Waals surface area contributed by atoms with Gasteiger partial charge in [-0.3, -0.25) is 4.79 Å². The van der Waals surface area contributed by atoms with E-state index < -0.39 is 12.1 Å². The van der Waals surface area contributed by atoms with Gasteiger partial charge in [0.05, 0.1) is 24.7 Å². The van der Waals surface area contributed by atoms with E-state index in [-0.39, 0.29) is 24.5 Å². The van der Waals surface area contributed by atoms with Crippen LogP contribution in [0.2, 0.25) is 0 Å². The Morgan fingerprint density at radius 3 is 2.77 bits per heavy atom. The van der Waals surface area contributed by atoms with Crippen molar-refractivity contribution in [3.8, 4) is 0 Å². The molecule has 0 aliphatic carbocycles. The second-order valence-corrected chi connectivity index (χ2v) is 3.94. The number of aliphatic hydroxyl groups is 1. The molecule has 2 rings (SSSR count). The van der Waals surface area contributed by atoms with Crippen molar-refractivity contribution in [3.63, 3.8) is 0 Å². The molecule has 2 aliphatic heterocycles. The van der Waals surface area contributed by atoms with Crippen molar-refractivity contribution in [2.24, 2.45) is 5.92 Å². The molecule has 0 saturated carbocycles. The lowest BCUT2D eigenvalue weighted by Crippen LogP contribution is -2.31. The van der Waals surface area contributed by atoms with Gasteiger partial charge >= 0.3 is 5.97 Å². The van der Waals surface area contributed by atoms with E-state index in [0.29, 0.717) is 0 Å². The molecule has 0 aromatic carbocycles. The first kappa shape index (κ1) is 8.97. The van der Waals surface area contributed by atoms with Gasteiger partial charge in [0.1, 0.15) is 0 Å². The molecule has 2 saturated heterocycles. The average Bonchev–Trinajstić information content (AvgIpc) is 2.62. The molecule has 4 heteroatoms. The number of ether oxygens (including phenoxy) is 1. The van der Waals surface area contributed by atoms with E-state index in [4.69, 9.17) is 9.84 Å². The summed E-state index contributed by atoms with van der Waals surface area (Å²) >= 11 is 0. The zero-order valence-corrected chi connectivity index (χ0v) is 7.35. The molecule has 74 valence electrons. The van der Waals surface area contributed by atoms with E-state index in [2.05, 4.69) is 0 Å². The van der Waals surface area contributed by atoms with Crippen LogP contribution in [0.5, 0.6) is 0 Å². The zero-order chi connectivity index (χ0) is 9.42. The number of aliphatic hydroxyl groups excluding tert-OH is 1. The van der Waals surface area contributed by atoms with Crippen molar-refractivity contribution in [2.75, 3.05) is 0 Å². The van der Waals surface area contributed by atoms with Gasteiger partial charge in [-0.1, -0.05) is 0 Å². The lowest BCUT2D eigenvalue weighted by Gasteiger charge is -2.22. The maximum Gasteiger partial charge on any atom is 0.305 e. The minimum absolute atomic E-state index is 0.0508. The van der Waals surface area contributed by atoms with Gasteiger partial charge in [-0.2, -0.15) is 0 Å². The summed E-state index contributed by atoms with van der Waals surface area (Å²) in [7, 11) is 0. The van der Waals surface area contributed by atoms with Gasteiger partial charge in [0.25, 0.3) is 0 Å². The van der Waals surface area contributed by atoms with Crippen molar-refractivity contribution in [2.45, 2.75) is 44.0 Å². The number of aliphatic carboxylic acids is 1. The van der Waals surface area contributed by atoms with Crippen LogP contribution >= 0.6 is 0 Å². The van der Waals surface area contributed by atoms with Gasteiger partial charge in [-0.25, -0.2) is 0 Å². The van der Waals surface area contributed by atoms with Crippen molar-refractivity contribution >= 4 is 5.97 Å². The third-order valence-electron chi connectivity index (χ3n) is 3.03. The first-order valence-electron chi connectivity index (χ1n) is 4.72. The Bertz CT molecular complexity index is 216. The molecule has 2 aliphatic rings. The largest absolute Gasteiger partial charge is 0.481 e. The van der Waals surface area contributed by atoms with Crippen molar-refractivity contribution in [1.29, 1.82) is 0 Å². The van der Waals surface area contributed by atoms with Gasteiger partial charge in [-0.15, -0.1) is 0 Å². The minimum atomic E-state index is -0.935. The van der Waals surface area contributed by atoms with Crippen LogP contribution in [0, 0.1) is 5.92 Å². The monoisotopic (exact) mass is 186 g/mol. The number of hydrogen-bond donors (Lipinski definition) is 2. The highest BCUT2D eigenvalue weighted by Gasteiger charge is 2.44. The Kier molecular flexibility index (Phi) is 2.26. The first-order valence-corrected chi connectivity index (χ1v) is 4.72. The normalized spacial score (nSPS) is 39.3. The summed E-state index contributed by atoms with van der Waals surface area (Å²) in [6.45, 7) is 0. The number of carbonyl (C=O) groups is 1. The highest BCUT2D eigenvalue weighted by atomic mass is 16.5. The Balaban J connectivity index is 1.91. The molecular formula is C9H14O4. The number of rotatable bonds is 3. The van der Waals surface area contributed by atoms with Crippen molar-refractivity contribution in [3.05, 3.63) is 0 Å². The molecular weight excluding hydrogens is 172 g/mol. The fourth-order valence-electron chi connectivity index (χ4n) is 2.41. The van der Waals surface area contributed by atoms with Crippen LogP contribution in [0.4, 0.5) is 0 Å². The van der Waals surface area contributed by atoms with Crippen molar-refractivity contribution in [1.82, 2.24) is 0 Å². The molecule has 2 heterocycles. The highest BCUT2D eigenvalue weighted by Crippen LogP contribution is 2.40. The van der Waals surface area contributed by atoms with Crippen LogP contribution < -0.4 is 0 Å². The minimum Gasteiger partial charge on any atom is -0.481 e. The lowest BCUT2D eigenvalue weighted by atomic mass is 9.84. The quantitative estimate of drug-likeness (QED) is 0.669. The standard InChI is InChI=1S/C9H14O4/c10-7(4-9(11)12)6-3-5-1-2-8(6)13-5/h5-8,10H,1-4H2,(H,11,12). The summed E-state index contributed by atoms with van der Waals surface area (Å²) in [5.74, 6) is -0.884. The fraction of sp³-hybridized carbons (Fsp3) is 0.889. The Hall–Kier alpha value is -0.610. The van der Waals surface area contributed by atoms with E-state index in [1.54, 1.807) is 0 Å². The Morgan fingerprint density at radius 2 is 2.31 bits per heavy atom. The topological polar surface area (TPSA) is 66.8 Å². The molecule has 4 unspecified atom stereocenters.